The fourth-order valence-electron chi connectivity index (χ4n) is 4.28. The number of benzene rings is 1. The molecule has 2 saturated heterocycles. The fourth-order valence-corrected chi connectivity index (χ4v) is 4.28. The molecule has 3 aromatic rings. The van der Waals surface area contributed by atoms with Gasteiger partial charge < -0.3 is 20.3 Å². The van der Waals surface area contributed by atoms with Gasteiger partial charge in [-0.3, -0.25) is 19.7 Å². The molecule has 12 heteroatoms. The van der Waals surface area contributed by atoms with Crippen molar-refractivity contribution in [2.24, 2.45) is 0 Å². The van der Waals surface area contributed by atoms with Gasteiger partial charge in [0.2, 0.25) is 17.8 Å². The van der Waals surface area contributed by atoms with Crippen LogP contribution < -0.4 is 16.0 Å². The van der Waals surface area contributed by atoms with Gasteiger partial charge in [0.1, 0.15) is 0 Å². The number of hydrogen-bond acceptors (Lipinski definition) is 9. The van der Waals surface area contributed by atoms with E-state index in [4.69, 9.17) is 4.74 Å². The van der Waals surface area contributed by atoms with Gasteiger partial charge in [0.05, 0.1) is 25.8 Å². The second-order valence-corrected chi connectivity index (χ2v) is 9.30. The van der Waals surface area contributed by atoms with E-state index in [9.17, 15) is 14.4 Å². The molecule has 6 rings (SSSR count). The zero-order valence-electron chi connectivity index (χ0n) is 20.1. The van der Waals surface area contributed by atoms with E-state index >= 15 is 0 Å². The summed E-state index contributed by atoms with van der Waals surface area (Å²) in [4.78, 5) is 47.4. The number of carbonyl (C=O) groups excluding carboxylic acids is 3. The van der Waals surface area contributed by atoms with Crippen LogP contribution in [0.4, 0.5) is 11.9 Å². The molecule has 3 amide bonds. The second kappa shape index (κ2) is 9.62. The van der Waals surface area contributed by atoms with Crippen LogP contribution in [0.2, 0.25) is 0 Å². The van der Waals surface area contributed by atoms with Crippen molar-refractivity contribution >= 4 is 41.3 Å². The Morgan fingerprint density at radius 2 is 1.92 bits per heavy atom. The van der Waals surface area contributed by atoms with Crippen molar-refractivity contribution in [3.05, 3.63) is 52.7 Å². The number of rotatable bonds is 7. The maximum atomic E-state index is 12.7. The summed E-state index contributed by atoms with van der Waals surface area (Å²) in [6.45, 7) is 2.79. The van der Waals surface area contributed by atoms with E-state index in [1.807, 2.05) is 24.3 Å². The number of aromatic nitrogens is 4. The standard InChI is InChI=1S/C25H26N8O4/c34-20-12-17(22(35)29-20)11-18-14-27-33-21(18)30-24(31-25(33)28-19-5-6-19)26-13-15-1-3-16(4-2-15)23(36)32-7-9-37-10-8-32/h1-4,11,14,19H,5-10,12-13H2,(H,29,34,35)(H2,26,28,30,31)/b17-11+. The molecule has 0 radical (unpaired) electrons. The Hall–Kier alpha value is -4.32. The van der Waals surface area contributed by atoms with Crippen LogP contribution in [-0.4, -0.2) is 74.5 Å². The lowest BCUT2D eigenvalue weighted by atomic mass is 10.1. The van der Waals surface area contributed by atoms with Crippen molar-refractivity contribution in [1.29, 1.82) is 0 Å². The highest BCUT2D eigenvalue weighted by molar-refractivity contribution is 6.15. The van der Waals surface area contributed by atoms with Gasteiger partial charge >= 0.3 is 0 Å². The van der Waals surface area contributed by atoms with Crippen molar-refractivity contribution < 1.29 is 19.1 Å². The minimum atomic E-state index is -0.399. The van der Waals surface area contributed by atoms with E-state index in [1.54, 1.807) is 21.7 Å². The first kappa shape index (κ1) is 23.1. The van der Waals surface area contributed by atoms with Crippen LogP contribution in [0.5, 0.6) is 0 Å². The van der Waals surface area contributed by atoms with Gasteiger partial charge in [-0.05, 0) is 36.6 Å². The van der Waals surface area contributed by atoms with E-state index < -0.39 is 5.91 Å². The molecule has 3 N–H and O–H groups in total. The molecule has 37 heavy (non-hydrogen) atoms. The van der Waals surface area contributed by atoms with E-state index in [-0.39, 0.29) is 18.2 Å². The van der Waals surface area contributed by atoms with Crippen LogP contribution in [0.1, 0.15) is 40.7 Å². The molecule has 2 aliphatic heterocycles. The third-order valence-corrected chi connectivity index (χ3v) is 6.48. The molecular weight excluding hydrogens is 476 g/mol. The zero-order valence-corrected chi connectivity index (χ0v) is 20.1. The van der Waals surface area contributed by atoms with Crippen molar-refractivity contribution in [2.45, 2.75) is 31.8 Å². The molecule has 4 heterocycles. The summed E-state index contributed by atoms with van der Waals surface area (Å²) in [6, 6.07) is 7.81. The summed E-state index contributed by atoms with van der Waals surface area (Å²) < 4.78 is 6.93. The Bertz CT molecular complexity index is 1400. The molecule has 190 valence electrons. The maximum Gasteiger partial charge on any atom is 0.254 e. The highest BCUT2D eigenvalue weighted by Crippen LogP contribution is 2.26. The lowest BCUT2D eigenvalue weighted by Crippen LogP contribution is -2.40. The Kier molecular flexibility index (Phi) is 6.01. The van der Waals surface area contributed by atoms with E-state index in [0.717, 1.165) is 18.4 Å². The number of carbonyl (C=O) groups is 3. The third-order valence-electron chi connectivity index (χ3n) is 6.48. The Labute approximate surface area is 212 Å². The number of imide groups is 1. The maximum absolute atomic E-state index is 12.7. The smallest absolute Gasteiger partial charge is 0.254 e. The quantitative estimate of drug-likeness (QED) is 0.321. The fraction of sp³-hybridized carbons (Fsp3) is 0.360. The van der Waals surface area contributed by atoms with Gasteiger partial charge in [-0.15, -0.1) is 0 Å². The monoisotopic (exact) mass is 502 g/mol. The number of ether oxygens (including phenoxy) is 1. The van der Waals surface area contributed by atoms with Crippen molar-refractivity contribution in [3.8, 4) is 0 Å². The van der Waals surface area contributed by atoms with Gasteiger partial charge in [0, 0.05) is 42.4 Å². The summed E-state index contributed by atoms with van der Waals surface area (Å²) in [5, 5.41) is 13.3. The number of nitrogens with one attached hydrogen (secondary N) is 3. The van der Waals surface area contributed by atoms with Crippen LogP contribution in [0.3, 0.4) is 0 Å². The molecule has 12 nitrogen and oxygen atoms in total. The molecule has 1 aromatic carbocycles. The Balaban J connectivity index is 1.21. The topological polar surface area (TPSA) is 143 Å². The summed E-state index contributed by atoms with van der Waals surface area (Å²) in [6.07, 6.45) is 5.40. The minimum Gasteiger partial charge on any atom is -0.378 e. The average Bonchev–Trinajstić information content (AvgIpc) is 3.55. The highest BCUT2D eigenvalue weighted by atomic mass is 16.5. The normalized spacial score (nSPS) is 18.9. The predicted molar refractivity (Wildman–Crippen MR) is 134 cm³/mol. The average molecular weight is 503 g/mol. The first-order valence-electron chi connectivity index (χ1n) is 12.3. The predicted octanol–water partition coefficient (Wildman–Crippen LogP) is 1.21. The van der Waals surface area contributed by atoms with Gasteiger partial charge in [-0.25, -0.2) is 0 Å². The molecule has 3 aliphatic rings. The molecule has 1 saturated carbocycles. The summed E-state index contributed by atoms with van der Waals surface area (Å²) in [5.41, 5.74) is 3.12. The molecule has 3 fully saturated rings. The summed E-state index contributed by atoms with van der Waals surface area (Å²) in [7, 11) is 0. The first-order chi connectivity index (χ1) is 18.0. The molecule has 0 unspecified atom stereocenters. The van der Waals surface area contributed by atoms with E-state index in [2.05, 4.69) is 31.0 Å². The summed E-state index contributed by atoms with van der Waals surface area (Å²) >= 11 is 0. The molecule has 2 aromatic heterocycles. The minimum absolute atomic E-state index is 0.00686. The second-order valence-electron chi connectivity index (χ2n) is 9.30. The van der Waals surface area contributed by atoms with Crippen molar-refractivity contribution in [3.63, 3.8) is 0 Å². The number of fused-ring (bicyclic) bond motifs is 1. The Morgan fingerprint density at radius 3 is 2.62 bits per heavy atom. The molecule has 0 atom stereocenters. The van der Waals surface area contributed by atoms with Crippen LogP contribution in [0, 0.1) is 0 Å². The molecule has 0 spiro atoms. The molecular formula is C25H26N8O4. The molecule has 0 bridgehead atoms. The number of hydrogen-bond donors (Lipinski definition) is 3. The van der Waals surface area contributed by atoms with Crippen molar-refractivity contribution in [1.82, 2.24) is 29.8 Å². The highest BCUT2D eigenvalue weighted by Gasteiger charge is 2.26. The van der Waals surface area contributed by atoms with Crippen LogP contribution in [-0.2, 0) is 20.9 Å². The van der Waals surface area contributed by atoms with Crippen LogP contribution >= 0.6 is 0 Å². The van der Waals surface area contributed by atoms with Crippen LogP contribution in [0.15, 0.2) is 36.0 Å². The first-order valence-corrected chi connectivity index (χ1v) is 12.3. The number of amides is 3. The number of nitrogens with zero attached hydrogens (tertiary/aromatic N) is 5. The van der Waals surface area contributed by atoms with Crippen LogP contribution in [0.25, 0.3) is 11.7 Å². The van der Waals surface area contributed by atoms with Gasteiger partial charge in [0.15, 0.2) is 5.65 Å². The third kappa shape index (κ3) is 5.00. The van der Waals surface area contributed by atoms with Crippen molar-refractivity contribution in [2.75, 3.05) is 36.9 Å². The van der Waals surface area contributed by atoms with Gasteiger partial charge in [0.25, 0.3) is 11.8 Å². The van der Waals surface area contributed by atoms with E-state index in [0.29, 0.717) is 73.1 Å². The number of morpholine rings is 1. The van der Waals surface area contributed by atoms with Gasteiger partial charge in [-0.1, -0.05) is 12.1 Å². The Morgan fingerprint density at radius 1 is 1.14 bits per heavy atom. The molecule has 1 aliphatic carbocycles. The largest absolute Gasteiger partial charge is 0.378 e. The lowest BCUT2D eigenvalue weighted by Gasteiger charge is -2.26. The lowest BCUT2D eigenvalue weighted by molar-refractivity contribution is -0.124. The van der Waals surface area contributed by atoms with E-state index in [1.165, 1.54) is 0 Å². The summed E-state index contributed by atoms with van der Waals surface area (Å²) in [5.74, 6) is 0.240. The SMILES string of the molecule is O=C1C/C(=C\c2cnn3c(NC4CC4)nc(NCc4ccc(C(=O)N5CCOCC5)cc4)nc23)C(=O)N1. The number of anilines is 2. The van der Waals surface area contributed by atoms with Gasteiger partial charge in [-0.2, -0.15) is 19.6 Å². The zero-order chi connectivity index (χ0) is 25.4.